The van der Waals surface area contributed by atoms with E-state index >= 15 is 0 Å². The van der Waals surface area contributed by atoms with E-state index in [1.165, 1.54) is 50.4 Å². The van der Waals surface area contributed by atoms with Crippen LogP contribution in [-0.4, -0.2) is 227 Å². The Kier molecular flexibility index (Phi) is 28.4. The first-order valence-corrected chi connectivity index (χ1v) is 44.6. The first-order chi connectivity index (χ1) is 59.6. The number of imidazole rings is 1. The van der Waals surface area contributed by atoms with E-state index < -0.39 is 0 Å². The number of hydrogen-bond acceptors (Lipinski definition) is 18. The quantitative estimate of drug-likeness (QED) is 0.0418. The van der Waals surface area contributed by atoms with Gasteiger partial charge in [0.15, 0.2) is 34.5 Å². The van der Waals surface area contributed by atoms with Crippen LogP contribution >= 0.6 is 0 Å². The highest BCUT2D eigenvalue weighted by Crippen LogP contribution is 2.46. The molecule has 9 aromatic rings. The predicted octanol–water partition coefficient (Wildman–Crippen LogP) is 15.6. The van der Waals surface area contributed by atoms with E-state index in [0.717, 1.165) is 239 Å². The normalized spacial score (nSPS) is 17.5. The maximum atomic E-state index is 14.1. The predicted molar refractivity (Wildman–Crippen MR) is 484 cm³/mol. The number of fused-ring (bicyclic) bond motifs is 5. The molecule has 1 aromatic heterocycles. The van der Waals surface area contributed by atoms with Crippen molar-refractivity contribution >= 4 is 34.8 Å². The molecular formula is C100H127N13O9. The monoisotopic (exact) mass is 1650 g/mol. The lowest BCUT2D eigenvalue weighted by Crippen LogP contribution is -2.46. The second-order valence-electron chi connectivity index (χ2n) is 33.7. The molecule has 8 aliphatic heterocycles. The molecule has 122 heavy (non-hydrogen) atoms. The average Bonchev–Trinajstić information content (AvgIpc) is 1.62. The number of methoxy groups -OCH3 is 6. The Morgan fingerprint density at radius 2 is 0.664 bits per heavy atom. The van der Waals surface area contributed by atoms with Gasteiger partial charge >= 0.3 is 0 Å². The van der Waals surface area contributed by atoms with Crippen LogP contribution in [0.4, 0.5) is 17.1 Å². The van der Waals surface area contributed by atoms with Gasteiger partial charge in [0.2, 0.25) is 0 Å². The standard InChI is InChI=1S/C35H44N4O3.C34H42N4O3.C31H41N5O3/c1-4-36-19-21-38(22-20-36)32-12-7-11-29-30(32)25-39(35(29)40)31(27-14-15-33(41-2)34(23-27)42-3)13-8-17-37-18-16-26-9-5-6-10-28(26)24-37;1-4-35-17-19-37(20-18-35)31-12-7-11-28-29(31)24-38(34(28)39)30(25-14-15-32(40-2)33(21-25)41-3)13-8-16-36-22-26-9-5-6-10-27(26)23-36;1-6-33-15-17-34(18-16-33)28-10-7-9-25-26(28)21-36(31(25)37)27(11-8-14-35-20-22(2)32-23(35)3)24-12-13-29(38-4)30(19-24)39-5/h5-7,9-12,14-15,23,31H,4,8,13,16-22,24-25H2,1-3H3;5-7,9-12,14-15,21,30H,4,8,13,16-20,22-24H2,1-3H3;7,9-10,12-13,19-20,27H,6,8,11,14-18,21H2,1-5H3/t31-;30-;27-/m111/s1. The zero-order chi connectivity index (χ0) is 84.9. The van der Waals surface area contributed by atoms with E-state index in [9.17, 15) is 14.4 Å². The number of anilines is 3. The van der Waals surface area contributed by atoms with Gasteiger partial charge in [-0.3, -0.25) is 24.2 Å². The van der Waals surface area contributed by atoms with Crippen LogP contribution in [0.15, 0.2) is 164 Å². The lowest BCUT2D eigenvalue weighted by molar-refractivity contribution is 0.0677. The number of carbonyl (C=O) groups is 3. The lowest BCUT2D eigenvalue weighted by atomic mass is 9.97. The summed E-state index contributed by atoms with van der Waals surface area (Å²) in [7, 11) is 9.96. The highest BCUT2D eigenvalue weighted by atomic mass is 16.5. The molecule has 0 saturated carbocycles. The summed E-state index contributed by atoms with van der Waals surface area (Å²) in [6, 6.07) is 54.4. The molecule has 0 bridgehead atoms. The third kappa shape index (κ3) is 19.1. The number of nitrogens with zero attached hydrogens (tertiary/aromatic N) is 13. The summed E-state index contributed by atoms with van der Waals surface area (Å²) in [4.78, 5) is 72.8. The summed E-state index contributed by atoms with van der Waals surface area (Å²) in [5.41, 5.74) is 19.7. The first kappa shape index (κ1) is 86.3. The van der Waals surface area contributed by atoms with Gasteiger partial charge < -0.3 is 77.1 Å². The summed E-state index contributed by atoms with van der Waals surface area (Å²) in [6.45, 7) is 35.1. The number of aromatic nitrogens is 2. The number of piperazine rings is 3. The number of benzene rings is 8. The van der Waals surface area contributed by atoms with Crippen LogP contribution < -0.4 is 43.1 Å². The Hall–Kier alpha value is -10.6. The molecule has 8 aromatic carbocycles. The van der Waals surface area contributed by atoms with Crippen LogP contribution in [0, 0.1) is 13.8 Å². The second-order valence-corrected chi connectivity index (χ2v) is 33.7. The molecule has 8 aliphatic rings. The summed E-state index contributed by atoms with van der Waals surface area (Å²) in [6.07, 6.45) is 8.72. The van der Waals surface area contributed by atoms with E-state index in [0.29, 0.717) is 54.1 Å². The van der Waals surface area contributed by atoms with Crippen LogP contribution in [0.2, 0.25) is 0 Å². The minimum absolute atomic E-state index is 0.0495. The summed E-state index contributed by atoms with van der Waals surface area (Å²) in [5, 5.41) is 0. The minimum atomic E-state index is -0.0839. The molecule has 9 heterocycles. The van der Waals surface area contributed by atoms with Crippen molar-refractivity contribution in [1.82, 2.24) is 48.8 Å². The minimum Gasteiger partial charge on any atom is -0.493 e. The molecule has 646 valence electrons. The molecule has 22 nitrogen and oxygen atoms in total. The van der Waals surface area contributed by atoms with Crippen molar-refractivity contribution in [2.75, 3.05) is 175 Å². The Labute approximate surface area is 723 Å². The molecule has 0 aliphatic carbocycles. The Bertz CT molecular complexity index is 5060. The fraction of sp³-hybridized carbons (Fsp3) is 0.460. The summed E-state index contributed by atoms with van der Waals surface area (Å²) < 4.78 is 35.7. The van der Waals surface area contributed by atoms with Gasteiger partial charge in [-0.1, -0.05) is 106 Å². The molecule has 3 fully saturated rings. The van der Waals surface area contributed by atoms with Gasteiger partial charge in [0.05, 0.1) is 66.5 Å². The van der Waals surface area contributed by atoms with Crippen LogP contribution in [0.25, 0.3) is 0 Å². The molecular weight excluding hydrogens is 1530 g/mol. The second kappa shape index (κ2) is 40.1. The van der Waals surface area contributed by atoms with Crippen molar-refractivity contribution in [2.24, 2.45) is 0 Å². The van der Waals surface area contributed by atoms with Crippen molar-refractivity contribution in [3.63, 3.8) is 0 Å². The molecule has 0 N–H and O–H groups in total. The summed E-state index contributed by atoms with van der Waals surface area (Å²) >= 11 is 0. The fourth-order valence-electron chi connectivity index (χ4n) is 19.9. The molecule has 0 unspecified atom stereocenters. The third-order valence-electron chi connectivity index (χ3n) is 26.9. The Morgan fingerprint density at radius 1 is 0.336 bits per heavy atom. The van der Waals surface area contributed by atoms with Crippen molar-refractivity contribution in [2.45, 2.75) is 144 Å². The molecule has 3 saturated heterocycles. The summed E-state index contributed by atoms with van der Waals surface area (Å²) in [5.74, 6) is 5.56. The van der Waals surface area contributed by atoms with Gasteiger partial charge in [-0.15, -0.1) is 0 Å². The van der Waals surface area contributed by atoms with Crippen LogP contribution in [0.5, 0.6) is 34.5 Å². The van der Waals surface area contributed by atoms with Gasteiger partial charge in [0.25, 0.3) is 17.7 Å². The topological polar surface area (TPSA) is 160 Å². The van der Waals surface area contributed by atoms with Gasteiger partial charge in [-0.25, -0.2) is 4.98 Å². The Morgan fingerprint density at radius 3 is 1.00 bits per heavy atom. The molecule has 3 amide bonds. The van der Waals surface area contributed by atoms with Gasteiger partial charge in [0, 0.05) is 188 Å². The largest absolute Gasteiger partial charge is 0.493 e. The number of hydrogen-bond donors (Lipinski definition) is 0. The number of rotatable bonds is 30. The van der Waals surface area contributed by atoms with Crippen LogP contribution in [-0.2, 0) is 52.2 Å². The van der Waals surface area contributed by atoms with Crippen molar-refractivity contribution in [3.05, 3.63) is 248 Å². The molecule has 17 rings (SSSR count). The number of ether oxygens (including phenoxy) is 6. The zero-order valence-electron chi connectivity index (χ0n) is 73.9. The smallest absolute Gasteiger partial charge is 0.255 e. The number of likely N-dealkylation sites (N-methyl/N-ethyl adjacent to an activating group) is 3. The maximum Gasteiger partial charge on any atom is 0.255 e. The van der Waals surface area contributed by atoms with Crippen molar-refractivity contribution < 1.29 is 42.8 Å². The van der Waals surface area contributed by atoms with E-state index in [4.69, 9.17) is 28.4 Å². The Balaban J connectivity index is 0.000000142. The van der Waals surface area contributed by atoms with Crippen LogP contribution in [0.3, 0.4) is 0 Å². The average molecular weight is 1660 g/mol. The van der Waals surface area contributed by atoms with Gasteiger partial charge in [-0.05, 0) is 203 Å². The molecule has 0 radical (unpaired) electrons. The number of aryl methyl sites for hydroxylation is 3. The maximum absolute atomic E-state index is 14.1. The highest BCUT2D eigenvalue weighted by molar-refractivity contribution is 6.02. The first-order valence-electron chi connectivity index (χ1n) is 44.6. The third-order valence-corrected chi connectivity index (χ3v) is 26.9. The van der Waals surface area contributed by atoms with Crippen LogP contribution in [0.1, 0.15) is 176 Å². The van der Waals surface area contributed by atoms with E-state index in [2.05, 4.69) is 200 Å². The lowest BCUT2D eigenvalue weighted by Gasteiger charge is -2.36. The molecule has 0 spiro atoms. The highest BCUT2D eigenvalue weighted by Gasteiger charge is 2.41. The molecule has 3 atom stereocenters. The number of amides is 3. The fourth-order valence-corrected chi connectivity index (χ4v) is 19.9. The zero-order valence-corrected chi connectivity index (χ0v) is 73.9. The van der Waals surface area contributed by atoms with E-state index in [1.54, 1.807) is 42.7 Å². The SMILES string of the molecule is CCN1CCN(c2cccc3c2CN([C@H](CCCN2CCc4ccccc4C2)c2ccc(OC)c(OC)c2)C3=O)CC1.CCN1CCN(c2cccc3c2CN([C@H](CCCN2Cc4ccccc4C2)c2ccc(OC)c(OC)c2)C3=O)CC1.CCN1CCN(c2cccc3c2CN([C@H](CCCn2cc(C)nc2C)c2ccc(OC)c(OC)c2)C3=O)CC1. The van der Waals surface area contributed by atoms with Crippen molar-refractivity contribution in [1.29, 1.82) is 0 Å². The number of carbonyl (C=O) groups excluding carboxylic acids is 3. The van der Waals surface area contributed by atoms with Gasteiger partial charge in [0.1, 0.15) is 5.82 Å². The van der Waals surface area contributed by atoms with Crippen molar-refractivity contribution in [3.8, 4) is 34.5 Å². The van der Waals surface area contributed by atoms with E-state index in [-0.39, 0.29) is 35.8 Å². The molecule has 22 heteroatoms. The van der Waals surface area contributed by atoms with Gasteiger partial charge in [-0.2, -0.15) is 0 Å². The van der Waals surface area contributed by atoms with E-state index in [1.807, 2.05) is 62.4 Å².